The maximum Gasteiger partial charge on any atom is 0.188 e. The summed E-state index contributed by atoms with van der Waals surface area (Å²) in [7, 11) is -7.48. The zero-order valence-corrected chi connectivity index (χ0v) is 30.5. The number of imidazole rings is 1. The fourth-order valence-electron chi connectivity index (χ4n) is 5.45. The van der Waals surface area contributed by atoms with Gasteiger partial charge < -0.3 is 19.1 Å². The van der Waals surface area contributed by atoms with Gasteiger partial charge in [0.15, 0.2) is 35.8 Å². The summed E-state index contributed by atoms with van der Waals surface area (Å²) < 4.78 is 9.02. The van der Waals surface area contributed by atoms with Crippen LogP contribution in [-0.4, -0.2) is 65.0 Å². The molecule has 0 saturated carbocycles. The number of fused-ring (bicyclic) bond motifs is 1. The van der Waals surface area contributed by atoms with Gasteiger partial charge in [0.1, 0.15) is 18.1 Å². The summed E-state index contributed by atoms with van der Waals surface area (Å²) in [5.74, 6) is 0.173. The average molecular weight is 629 g/mol. The standard InChI is InChI=1S/C28H53ClN4O4Si3/c1-26(2,38(7,8)34)14-13-21-19(15-27(3,4)39(9,10)35)20(16-28(5,6)40(11,12)36)25(37-21)33-18-32-22-23(29)30-17-31-24(22)33/h17-21,25,34-36H,13-16H2,1-12H3/t19-,20+,21+,25?/m0/s1. The summed E-state index contributed by atoms with van der Waals surface area (Å²) in [6.45, 7) is 25.1. The minimum absolute atomic E-state index is 0.0446. The van der Waals surface area contributed by atoms with Crippen molar-refractivity contribution in [1.29, 1.82) is 0 Å². The first-order chi connectivity index (χ1) is 17.9. The van der Waals surface area contributed by atoms with Crippen LogP contribution < -0.4 is 0 Å². The first kappa shape index (κ1) is 33.8. The molecule has 1 aliphatic heterocycles. The Morgan fingerprint density at radius 3 is 1.80 bits per heavy atom. The van der Waals surface area contributed by atoms with Crippen molar-refractivity contribution in [2.45, 2.75) is 134 Å². The van der Waals surface area contributed by atoms with Gasteiger partial charge in [-0.25, -0.2) is 15.0 Å². The molecule has 0 radical (unpaired) electrons. The summed E-state index contributed by atoms with van der Waals surface area (Å²) in [4.78, 5) is 46.9. The molecular formula is C28H53ClN4O4Si3. The van der Waals surface area contributed by atoms with Crippen molar-refractivity contribution in [2.75, 3.05) is 0 Å². The lowest BCUT2D eigenvalue weighted by atomic mass is 9.77. The molecule has 1 fully saturated rings. The molecule has 1 saturated heterocycles. The second-order valence-corrected chi connectivity index (χ2v) is 29.4. The van der Waals surface area contributed by atoms with Gasteiger partial charge in [-0.1, -0.05) is 53.1 Å². The number of ether oxygens (including phenoxy) is 1. The zero-order valence-electron chi connectivity index (χ0n) is 26.7. The van der Waals surface area contributed by atoms with Crippen LogP contribution in [0.1, 0.15) is 73.5 Å². The number of hydrogen-bond donors (Lipinski definition) is 3. The van der Waals surface area contributed by atoms with Crippen LogP contribution in [0.2, 0.25) is 59.5 Å². The van der Waals surface area contributed by atoms with E-state index in [2.05, 4.69) is 56.5 Å². The highest BCUT2D eigenvalue weighted by molar-refractivity contribution is 6.73. The quantitative estimate of drug-likeness (QED) is 0.180. The first-order valence-electron chi connectivity index (χ1n) is 14.6. The number of halogens is 1. The van der Waals surface area contributed by atoms with E-state index in [-0.39, 0.29) is 39.3 Å². The molecule has 0 bridgehead atoms. The van der Waals surface area contributed by atoms with Gasteiger partial charge in [0.25, 0.3) is 0 Å². The fourth-order valence-corrected chi connectivity index (χ4v) is 7.86. The van der Waals surface area contributed by atoms with Crippen molar-refractivity contribution < 1.29 is 19.1 Å². The molecule has 1 unspecified atom stereocenters. The van der Waals surface area contributed by atoms with E-state index in [0.29, 0.717) is 16.3 Å². The number of nitrogens with zero attached hydrogens (tertiary/aromatic N) is 4. The fraction of sp³-hybridized carbons (Fsp3) is 0.821. The maximum absolute atomic E-state index is 11.3. The molecule has 2 aromatic heterocycles. The van der Waals surface area contributed by atoms with Crippen LogP contribution in [0.3, 0.4) is 0 Å². The lowest BCUT2D eigenvalue weighted by Gasteiger charge is -2.43. The molecule has 40 heavy (non-hydrogen) atoms. The van der Waals surface area contributed by atoms with Crippen LogP contribution in [-0.2, 0) is 4.74 Å². The molecule has 2 aromatic rings. The van der Waals surface area contributed by atoms with Crippen LogP contribution in [0, 0.1) is 11.8 Å². The van der Waals surface area contributed by atoms with Gasteiger partial charge in [-0.15, -0.1) is 0 Å². The highest BCUT2D eigenvalue weighted by atomic mass is 35.5. The van der Waals surface area contributed by atoms with E-state index in [9.17, 15) is 14.4 Å². The topological polar surface area (TPSA) is 114 Å². The summed E-state index contributed by atoms with van der Waals surface area (Å²) in [5, 5.41) is -0.422. The van der Waals surface area contributed by atoms with Crippen LogP contribution in [0.4, 0.5) is 0 Å². The first-order valence-corrected chi connectivity index (χ1v) is 23.8. The molecule has 1 aliphatic rings. The third-order valence-corrected chi connectivity index (χ3v) is 21.7. The molecule has 0 amide bonds. The number of rotatable bonds is 11. The highest BCUT2D eigenvalue weighted by Gasteiger charge is 2.54. The smallest absolute Gasteiger partial charge is 0.188 e. The van der Waals surface area contributed by atoms with E-state index in [1.54, 1.807) is 6.33 Å². The van der Waals surface area contributed by atoms with E-state index in [1.807, 2.05) is 43.8 Å². The molecular weight excluding hydrogens is 576 g/mol. The second kappa shape index (κ2) is 11.1. The Balaban J connectivity index is 2.15. The van der Waals surface area contributed by atoms with Crippen molar-refractivity contribution in [3.05, 3.63) is 17.8 Å². The van der Waals surface area contributed by atoms with Gasteiger partial charge in [-0.05, 0) is 86.0 Å². The van der Waals surface area contributed by atoms with Crippen LogP contribution in [0.5, 0.6) is 0 Å². The van der Waals surface area contributed by atoms with E-state index >= 15 is 0 Å². The molecule has 3 heterocycles. The highest BCUT2D eigenvalue weighted by Crippen LogP contribution is 2.57. The van der Waals surface area contributed by atoms with Gasteiger partial charge in [-0.3, -0.25) is 4.57 Å². The van der Waals surface area contributed by atoms with Crippen molar-refractivity contribution in [3.63, 3.8) is 0 Å². The molecule has 12 heteroatoms. The monoisotopic (exact) mass is 628 g/mol. The Labute approximate surface area is 249 Å². The summed E-state index contributed by atoms with van der Waals surface area (Å²) in [6, 6.07) is 0. The van der Waals surface area contributed by atoms with Crippen LogP contribution in [0.15, 0.2) is 12.7 Å². The molecule has 228 valence electrons. The average Bonchev–Trinajstić information content (AvgIpc) is 3.32. The minimum Gasteiger partial charge on any atom is -0.432 e. The van der Waals surface area contributed by atoms with Crippen LogP contribution in [0.25, 0.3) is 11.2 Å². The second-order valence-electron chi connectivity index (χ2n) is 15.7. The largest absolute Gasteiger partial charge is 0.432 e. The summed E-state index contributed by atoms with van der Waals surface area (Å²) >= 11 is 6.38. The SMILES string of the molecule is CC(C)(CC[C@H]1OC(n2cnc3c(Cl)ncnc32)[C@H](CC(C)(C)[Si](C)(C)O)[C@@H]1CC(C)(C)[Si](C)(C)O)[Si](C)(C)O. The number of aromatic nitrogens is 4. The molecule has 0 aromatic carbocycles. The van der Waals surface area contributed by atoms with Crippen molar-refractivity contribution in [3.8, 4) is 0 Å². The predicted molar refractivity (Wildman–Crippen MR) is 171 cm³/mol. The predicted octanol–water partition coefficient (Wildman–Crippen LogP) is 7.10. The maximum atomic E-state index is 11.3. The third kappa shape index (κ3) is 6.77. The Kier molecular flexibility index (Phi) is 9.40. The van der Waals surface area contributed by atoms with E-state index < -0.39 is 25.0 Å². The normalized spacial score (nSPS) is 23.8. The van der Waals surface area contributed by atoms with E-state index in [0.717, 1.165) is 25.7 Å². The van der Waals surface area contributed by atoms with Gasteiger partial charge >= 0.3 is 0 Å². The number of hydrogen-bond acceptors (Lipinski definition) is 7. The Bertz CT molecular complexity index is 1180. The molecule has 0 spiro atoms. The molecule has 3 N–H and O–H groups in total. The van der Waals surface area contributed by atoms with Gasteiger partial charge in [-0.2, -0.15) is 0 Å². The lowest BCUT2D eigenvalue weighted by molar-refractivity contribution is -0.0206. The Morgan fingerprint density at radius 1 is 0.800 bits per heavy atom. The molecule has 0 aliphatic carbocycles. The van der Waals surface area contributed by atoms with Crippen molar-refractivity contribution in [1.82, 2.24) is 19.5 Å². The summed E-state index contributed by atoms with van der Waals surface area (Å²) in [5.41, 5.74) is 1.18. The third-order valence-electron chi connectivity index (χ3n) is 10.8. The zero-order chi connectivity index (χ0) is 30.7. The lowest BCUT2D eigenvalue weighted by Crippen LogP contribution is -2.44. The van der Waals surface area contributed by atoms with E-state index in [1.165, 1.54) is 6.33 Å². The Hall–Kier alpha value is -0.669. The molecule has 8 nitrogen and oxygen atoms in total. The Morgan fingerprint density at radius 2 is 1.30 bits per heavy atom. The molecule has 3 rings (SSSR count). The van der Waals surface area contributed by atoms with Crippen molar-refractivity contribution in [2.24, 2.45) is 11.8 Å². The summed E-state index contributed by atoms with van der Waals surface area (Å²) in [6.07, 6.45) is 5.97. The minimum atomic E-state index is -2.54. The molecule has 4 atom stereocenters. The van der Waals surface area contributed by atoms with Crippen LogP contribution >= 0.6 is 11.6 Å². The van der Waals surface area contributed by atoms with Gasteiger partial charge in [0.05, 0.1) is 12.4 Å². The van der Waals surface area contributed by atoms with Gasteiger partial charge in [0.2, 0.25) is 0 Å². The van der Waals surface area contributed by atoms with E-state index in [4.69, 9.17) is 16.3 Å². The van der Waals surface area contributed by atoms with Crippen molar-refractivity contribution >= 4 is 47.7 Å². The van der Waals surface area contributed by atoms with Gasteiger partial charge in [0, 0.05) is 5.92 Å².